The number of ketones is 1. The van der Waals surface area contributed by atoms with E-state index in [9.17, 15) is 9.18 Å². The van der Waals surface area contributed by atoms with E-state index in [-0.39, 0.29) is 24.6 Å². The molecule has 8 heteroatoms. The Hall–Kier alpha value is -2.68. The summed E-state index contributed by atoms with van der Waals surface area (Å²) in [4.78, 5) is 17.0. The van der Waals surface area contributed by atoms with E-state index < -0.39 is 18.2 Å². The number of aliphatic hydroxyl groups excluding tert-OH is 2. The van der Waals surface area contributed by atoms with E-state index in [2.05, 4.69) is 17.4 Å². The van der Waals surface area contributed by atoms with Gasteiger partial charge >= 0.3 is 0 Å². The van der Waals surface area contributed by atoms with Gasteiger partial charge in [-0.2, -0.15) is 0 Å². The lowest BCUT2D eigenvalue weighted by Crippen LogP contribution is -2.15. The van der Waals surface area contributed by atoms with Crippen LogP contribution in [-0.2, 0) is 11.9 Å². The molecule has 0 amide bonds. The summed E-state index contributed by atoms with van der Waals surface area (Å²) in [5.74, 6) is -0.535. The Labute approximate surface area is 150 Å². The Kier molecular flexibility index (Phi) is 6.51. The van der Waals surface area contributed by atoms with Crippen LogP contribution in [0.2, 0.25) is 0 Å². The Morgan fingerprint density at radius 1 is 1.35 bits per heavy atom. The van der Waals surface area contributed by atoms with Gasteiger partial charge < -0.3 is 20.1 Å². The SMILES string of the molecule is C=C(NOCCO)c1cc(C(=O)CO)n(C)c1Nc1ccc(C)cc1F. The van der Waals surface area contributed by atoms with Gasteiger partial charge in [0.2, 0.25) is 5.78 Å². The number of aliphatic hydroxyl groups is 2. The van der Waals surface area contributed by atoms with Crippen LogP contribution < -0.4 is 10.8 Å². The second kappa shape index (κ2) is 8.61. The molecule has 1 heterocycles. The van der Waals surface area contributed by atoms with Gasteiger partial charge in [-0.05, 0) is 30.7 Å². The largest absolute Gasteiger partial charge is 0.394 e. The minimum Gasteiger partial charge on any atom is -0.394 e. The molecule has 0 fully saturated rings. The van der Waals surface area contributed by atoms with Crippen LogP contribution in [0.4, 0.5) is 15.9 Å². The van der Waals surface area contributed by atoms with E-state index >= 15 is 0 Å². The maximum Gasteiger partial charge on any atom is 0.204 e. The fourth-order valence-corrected chi connectivity index (χ4v) is 2.42. The zero-order chi connectivity index (χ0) is 19.3. The van der Waals surface area contributed by atoms with Crippen molar-refractivity contribution in [3.63, 3.8) is 0 Å². The number of hydroxylamine groups is 1. The number of hydrogen-bond acceptors (Lipinski definition) is 6. The Bertz CT molecular complexity index is 817. The summed E-state index contributed by atoms with van der Waals surface area (Å²) >= 11 is 0. The molecule has 140 valence electrons. The smallest absolute Gasteiger partial charge is 0.204 e. The predicted molar refractivity (Wildman–Crippen MR) is 96.5 cm³/mol. The molecule has 0 aliphatic carbocycles. The molecule has 4 N–H and O–H groups in total. The van der Waals surface area contributed by atoms with Gasteiger partial charge in [-0.3, -0.25) is 15.1 Å². The zero-order valence-electron chi connectivity index (χ0n) is 14.7. The van der Waals surface area contributed by atoms with Gasteiger partial charge in [0.15, 0.2) is 0 Å². The van der Waals surface area contributed by atoms with Crippen molar-refractivity contribution in [1.29, 1.82) is 0 Å². The first-order valence-corrected chi connectivity index (χ1v) is 7.94. The number of carbonyl (C=O) groups is 1. The van der Waals surface area contributed by atoms with Gasteiger partial charge in [0.1, 0.15) is 18.2 Å². The van der Waals surface area contributed by atoms with Gasteiger partial charge in [0, 0.05) is 12.6 Å². The van der Waals surface area contributed by atoms with E-state index in [0.717, 1.165) is 5.56 Å². The first-order chi connectivity index (χ1) is 12.4. The first kappa shape index (κ1) is 19.6. The molecule has 1 aromatic carbocycles. The first-order valence-electron chi connectivity index (χ1n) is 7.94. The van der Waals surface area contributed by atoms with Crippen molar-refractivity contribution in [3.05, 3.63) is 53.5 Å². The van der Waals surface area contributed by atoms with Crippen molar-refractivity contribution in [2.75, 3.05) is 25.1 Å². The average molecular weight is 363 g/mol. The van der Waals surface area contributed by atoms with Gasteiger partial charge in [-0.1, -0.05) is 12.6 Å². The normalized spacial score (nSPS) is 10.7. The number of nitrogens with zero attached hydrogens (tertiary/aromatic N) is 1. The molecule has 2 aromatic rings. The fraction of sp³-hybridized carbons (Fsp3) is 0.278. The second-order valence-corrected chi connectivity index (χ2v) is 5.69. The molecule has 0 saturated carbocycles. The van der Waals surface area contributed by atoms with Gasteiger partial charge in [0.05, 0.1) is 30.3 Å². The number of hydrogen-bond donors (Lipinski definition) is 4. The standard InChI is InChI=1S/C18H22FN3O4/c1-11-4-5-15(14(19)8-11)20-18-13(12(2)21-26-7-6-23)9-16(22(18)3)17(25)10-24/h4-5,8-9,20-21,23-24H,2,6-7,10H2,1,3H3. The number of aromatic nitrogens is 1. The lowest BCUT2D eigenvalue weighted by Gasteiger charge is -2.14. The molecule has 0 radical (unpaired) electrons. The van der Waals surface area contributed by atoms with E-state index in [1.54, 1.807) is 26.1 Å². The topological polar surface area (TPSA) is 95.8 Å². The van der Waals surface area contributed by atoms with Crippen LogP contribution in [0.15, 0.2) is 30.8 Å². The molecule has 0 atom stereocenters. The fourth-order valence-electron chi connectivity index (χ4n) is 2.42. The third kappa shape index (κ3) is 4.29. The van der Waals surface area contributed by atoms with Crippen molar-refractivity contribution in [2.24, 2.45) is 7.05 Å². The van der Waals surface area contributed by atoms with Crippen LogP contribution in [0.25, 0.3) is 5.70 Å². The summed E-state index contributed by atoms with van der Waals surface area (Å²) in [7, 11) is 1.61. The highest BCUT2D eigenvalue weighted by molar-refractivity contribution is 5.98. The molecule has 26 heavy (non-hydrogen) atoms. The maximum absolute atomic E-state index is 14.2. The minimum absolute atomic E-state index is 0.0453. The summed E-state index contributed by atoms with van der Waals surface area (Å²) in [5.41, 5.74) is 4.57. The molecule has 2 rings (SSSR count). The van der Waals surface area contributed by atoms with E-state index in [1.165, 1.54) is 16.7 Å². The summed E-state index contributed by atoms with van der Waals surface area (Å²) in [5, 5.41) is 20.9. The summed E-state index contributed by atoms with van der Waals surface area (Å²) in [6.07, 6.45) is 0. The van der Waals surface area contributed by atoms with Crippen LogP contribution in [-0.4, -0.2) is 40.4 Å². The number of aryl methyl sites for hydroxylation is 1. The Morgan fingerprint density at radius 3 is 2.69 bits per heavy atom. The van der Waals surface area contributed by atoms with Crippen LogP contribution in [0.3, 0.4) is 0 Å². The van der Waals surface area contributed by atoms with E-state index in [0.29, 0.717) is 17.1 Å². The van der Waals surface area contributed by atoms with Crippen molar-refractivity contribution in [3.8, 4) is 0 Å². The maximum atomic E-state index is 14.2. The number of nitrogens with one attached hydrogen (secondary N) is 2. The zero-order valence-corrected chi connectivity index (χ0v) is 14.7. The predicted octanol–water partition coefficient (Wildman–Crippen LogP) is 1.88. The van der Waals surface area contributed by atoms with E-state index in [1.807, 2.05) is 0 Å². The number of rotatable bonds is 9. The third-order valence-corrected chi connectivity index (χ3v) is 3.75. The molecule has 1 aromatic heterocycles. The van der Waals surface area contributed by atoms with Gasteiger partial charge in [-0.25, -0.2) is 4.39 Å². The monoisotopic (exact) mass is 363 g/mol. The number of carbonyl (C=O) groups excluding carboxylic acids is 1. The average Bonchev–Trinajstić information content (AvgIpc) is 2.93. The number of anilines is 2. The quantitative estimate of drug-likeness (QED) is 0.309. The van der Waals surface area contributed by atoms with Crippen LogP contribution in [0.5, 0.6) is 0 Å². The minimum atomic E-state index is -0.656. The summed E-state index contributed by atoms with van der Waals surface area (Å²) in [6.45, 7) is 4.83. The van der Waals surface area contributed by atoms with Crippen molar-refractivity contribution in [1.82, 2.24) is 10.0 Å². The summed E-state index contributed by atoms with van der Waals surface area (Å²) < 4.78 is 15.7. The Balaban J connectivity index is 2.42. The van der Waals surface area contributed by atoms with Gasteiger partial charge in [0.25, 0.3) is 0 Å². The van der Waals surface area contributed by atoms with Crippen LogP contribution >= 0.6 is 0 Å². The molecule has 0 saturated heterocycles. The lowest BCUT2D eigenvalue weighted by molar-refractivity contribution is 0.0482. The second-order valence-electron chi connectivity index (χ2n) is 5.69. The van der Waals surface area contributed by atoms with Crippen molar-refractivity contribution < 1.29 is 24.2 Å². The number of benzene rings is 1. The highest BCUT2D eigenvalue weighted by Crippen LogP contribution is 2.30. The molecular weight excluding hydrogens is 341 g/mol. The molecule has 0 unspecified atom stereocenters. The molecule has 0 bridgehead atoms. The van der Waals surface area contributed by atoms with Crippen LogP contribution in [0.1, 0.15) is 21.6 Å². The lowest BCUT2D eigenvalue weighted by atomic mass is 10.2. The number of Topliss-reactive ketones (excluding diaryl/α,β-unsaturated/α-hetero) is 1. The molecule has 0 aliphatic heterocycles. The highest BCUT2D eigenvalue weighted by Gasteiger charge is 2.20. The Morgan fingerprint density at radius 2 is 2.08 bits per heavy atom. The highest BCUT2D eigenvalue weighted by atomic mass is 19.1. The summed E-state index contributed by atoms with van der Waals surface area (Å²) in [6, 6.07) is 6.26. The van der Waals surface area contributed by atoms with E-state index in [4.69, 9.17) is 15.1 Å². The van der Waals surface area contributed by atoms with Crippen LogP contribution in [0, 0.1) is 12.7 Å². The van der Waals surface area contributed by atoms with Crippen molar-refractivity contribution in [2.45, 2.75) is 6.92 Å². The molecule has 0 spiro atoms. The third-order valence-electron chi connectivity index (χ3n) is 3.75. The number of halogens is 1. The molecule has 7 nitrogen and oxygen atoms in total. The molecule has 0 aliphatic rings. The molecular formula is C18H22FN3O4. The van der Waals surface area contributed by atoms with Gasteiger partial charge in [-0.15, -0.1) is 0 Å². The van der Waals surface area contributed by atoms with Crippen molar-refractivity contribution >= 4 is 23.0 Å².